The normalized spacial score (nSPS) is 27.6. The van der Waals surface area contributed by atoms with E-state index in [1.54, 1.807) is 14.2 Å². The minimum Gasteiger partial charge on any atom is -0.350 e. The van der Waals surface area contributed by atoms with E-state index in [1.807, 2.05) is 35.2 Å². The van der Waals surface area contributed by atoms with Crippen LogP contribution in [-0.2, 0) is 9.47 Å². The molecule has 2 fully saturated rings. The summed E-state index contributed by atoms with van der Waals surface area (Å²) >= 11 is 0. The highest BCUT2D eigenvalue weighted by Gasteiger charge is 2.57. The van der Waals surface area contributed by atoms with Crippen LogP contribution in [0.1, 0.15) is 16.8 Å². The number of hydrogen-bond donors (Lipinski definition) is 1. The first kappa shape index (κ1) is 13.5. The Labute approximate surface area is 118 Å². The minimum absolute atomic E-state index is 0.0326. The van der Waals surface area contributed by atoms with Crippen molar-refractivity contribution in [1.29, 1.82) is 0 Å². The second-order valence-electron chi connectivity index (χ2n) is 5.31. The Kier molecular flexibility index (Phi) is 3.50. The SMILES string of the molecule is COC1(OC)CN(C(=O)c2ccccc2)[C@@H]2CCNC21. The van der Waals surface area contributed by atoms with E-state index in [2.05, 4.69) is 5.32 Å². The highest BCUT2D eigenvalue weighted by atomic mass is 16.7. The van der Waals surface area contributed by atoms with Crippen molar-refractivity contribution in [1.82, 2.24) is 10.2 Å². The van der Waals surface area contributed by atoms with Crippen molar-refractivity contribution in [3.63, 3.8) is 0 Å². The molecule has 0 aromatic heterocycles. The van der Waals surface area contributed by atoms with Gasteiger partial charge in [-0.2, -0.15) is 0 Å². The van der Waals surface area contributed by atoms with E-state index in [9.17, 15) is 4.79 Å². The Hall–Kier alpha value is -1.43. The molecule has 2 saturated heterocycles. The van der Waals surface area contributed by atoms with Gasteiger partial charge in [0.05, 0.1) is 18.6 Å². The molecule has 0 radical (unpaired) electrons. The molecule has 0 saturated carbocycles. The van der Waals surface area contributed by atoms with Gasteiger partial charge in [0.1, 0.15) is 0 Å². The van der Waals surface area contributed by atoms with E-state index in [1.165, 1.54) is 0 Å². The summed E-state index contributed by atoms with van der Waals surface area (Å²) in [6.45, 7) is 1.33. The van der Waals surface area contributed by atoms with Crippen LogP contribution in [0.2, 0.25) is 0 Å². The molecule has 0 spiro atoms. The van der Waals surface area contributed by atoms with Gasteiger partial charge in [-0.3, -0.25) is 4.79 Å². The van der Waals surface area contributed by atoms with Crippen molar-refractivity contribution >= 4 is 5.91 Å². The highest BCUT2D eigenvalue weighted by molar-refractivity contribution is 5.94. The zero-order chi connectivity index (χ0) is 14.2. The second-order valence-corrected chi connectivity index (χ2v) is 5.31. The third-order valence-electron chi connectivity index (χ3n) is 4.43. The van der Waals surface area contributed by atoms with Gasteiger partial charge in [-0.1, -0.05) is 18.2 Å². The number of rotatable bonds is 3. The van der Waals surface area contributed by atoms with Crippen LogP contribution in [0.4, 0.5) is 0 Å². The summed E-state index contributed by atoms with van der Waals surface area (Å²) in [6, 6.07) is 9.53. The average molecular weight is 276 g/mol. The van der Waals surface area contributed by atoms with Crippen molar-refractivity contribution in [3.8, 4) is 0 Å². The summed E-state index contributed by atoms with van der Waals surface area (Å²) in [6.07, 6.45) is 0.928. The molecule has 20 heavy (non-hydrogen) atoms. The van der Waals surface area contributed by atoms with E-state index in [4.69, 9.17) is 9.47 Å². The van der Waals surface area contributed by atoms with E-state index < -0.39 is 5.79 Å². The van der Waals surface area contributed by atoms with Gasteiger partial charge in [0.2, 0.25) is 5.79 Å². The molecule has 3 rings (SSSR count). The number of nitrogens with zero attached hydrogens (tertiary/aromatic N) is 1. The molecule has 1 unspecified atom stereocenters. The van der Waals surface area contributed by atoms with Gasteiger partial charge in [0.15, 0.2) is 0 Å². The largest absolute Gasteiger partial charge is 0.350 e. The predicted molar refractivity (Wildman–Crippen MR) is 74.4 cm³/mol. The van der Waals surface area contributed by atoms with Gasteiger partial charge in [-0.15, -0.1) is 0 Å². The first-order chi connectivity index (χ1) is 9.72. The number of hydrogen-bond acceptors (Lipinski definition) is 4. The van der Waals surface area contributed by atoms with Crippen LogP contribution in [0, 0.1) is 0 Å². The van der Waals surface area contributed by atoms with Gasteiger partial charge < -0.3 is 19.7 Å². The lowest BCUT2D eigenvalue weighted by molar-refractivity contribution is -0.206. The summed E-state index contributed by atoms with van der Waals surface area (Å²) in [4.78, 5) is 14.6. The van der Waals surface area contributed by atoms with Crippen molar-refractivity contribution in [3.05, 3.63) is 35.9 Å². The zero-order valence-electron chi connectivity index (χ0n) is 11.8. The standard InChI is InChI=1S/C15H20N2O3/c1-19-15(20-2)10-17(12-8-9-16-13(12)15)14(18)11-6-4-3-5-7-11/h3-7,12-13,16H,8-10H2,1-2H3/t12-,13?/m1/s1. The fraction of sp³-hybridized carbons (Fsp3) is 0.533. The van der Waals surface area contributed by atoms with Gasteiger partial charge >= 0.3 is 0 Å². The molecular weight excluding hydrogens is 256 g/mol. The maximum atomic E-state index is 12.7. The fourth-order valence-corrected chi connectivity index (χ4v) is 3.36. The van der Waals surface area contributed by atoms with Crippen LogP contribution in [0.25, 0.3) is 0 Å². The number of carbonyl (C=O) groups is 1. The Balaban J connectivity index is 1.89. The molecule has 5 heteroatoms. The number of fused-ring (bicyclic) bond motifs is 1. The predicted octanol–water partition coefficient (Wildman–Crippen LogP) is 0.862. The Morgan fingerprint density at radius 3 is 2.65 bits per heavy atom. The van der Waals surface area contributed by atoms with Crippen LogP contribution in [0.5, 0.6) is 0 Å². The average Bonchev–Trinajstić information content (AvgIpc) is 3.09. The van der Waals surface area contributed by atoms with Crippen molar-refractivity contribution in [2.75, 3.05) is 27.3 Å². The number of carbonyl (C=O) groups excluding carboxylic acids is 1. The molecule has 0 bridgehead atoms. The number of nitrogens with one attached hydrogen (secondary N) is 1. The van der Waals surface area contributed by atoms with Gasteiger partial charge in [0.25, 0.3) is 5.91 Å². The fourth-order valence-electron chi connectivity index (χ4n) is 3.36. The van der Waals surface area contributed by atoms with Gasteiger partial charge in [-0.05, 0) is 25.1 Å². The third-order valence-corrected chi connectivity index (χ3v) is 4.43. The Morgan fingerprint density at radius 1 is 1.30 bits per heavy atom. The maximum absolute atomic E-state index is 12.7. The molecule has 1 aromatic carbocycles. The molecule has 2 aliphatic heterocycles. The first-order valence-electron chi connectivity index (χ1n) is 6.91. The smallest absolute Gasteiger partial charge is 0.254 e. The molecule has 1 aromatic rings. The molecule has 5 nitrogen and oxygen atoms in total. The number of benzene rings is 1. The van der Waals surface area contributed by atoms with E-state index in [-0.39, 0.29) is 18.0 Å². The summed E-state index contributed by atoms with van der Waals surface area (Å²) in [5.74, 6) is -0.703. The van der Waals surface area contributed by atoms with E-state index >= 15 is 0 Å². The summed E-state index contributed by atoms with van der Waals surface area (Å²) < 4.78 is 11.2. The summed E-state index contributed by atoms with van der Waals surface area (Å²) in [7, 11) is 3.27. The maximum Gasteiger partial charge on any atom is 0.254 e. The number of methoxy groups -OCH3 is 2. The van der Waals surface area contributed by atoms with Gasteiger partial charge in [0, 0.05) is 19.8 Å². The third kappa shape index (κ3) is 1.93. The first-order valence-corrected chi connectivity index (χ1v) is 6.91. The monoisotopic (exact) mass is 276 g/mol. The Bertz CT molecular complexity index is 487. The number of ether oxygens (including phenoxy) is 2. The Morgan fingerprint density at radius 2 is 2.00 bits per heavy atom. The van der Waals surface area contributed by atoms with Crippen molar-refractivity contribution in [2.45, 2.75) is 24.3 Å². The molecule has 1 amide bonds. The number of likely N-dealkylation sites (tertiary alicyclic amines) is 1. The topological polar surface area (TPSA) is 50.8 Å². The van der Waals surface area contributed by atoms with Crippen molar-refractivity contribution in [2.24, 2.45) is 0 Å². The lowest BCUT2D eigenvalue weighted by Gasteiger charge is -2.30. The molecule has 2 aliphatic rings. The van der Waals surface area contributed by atoms with Crippen LogP contribution >= 0.6 is 0 Å². The lowest BCUT2D eigenvalue weighted by Crippen LogP contribution is -2.51. The van der Waals surface area contributed by atoms with E-state index in [0.717, 1.165) is 13.0 Å². The van der Waals surface area contributed by atoms with Crippen molar-refractivity contribution < 1.29 is 14.3 Å². The van der Waals surface area contributed by atoms with Gasteiger partial charge in [-0.25, -0.2) is 0 Å². The molecule has 108 valence electrons. The van der Waals surface area contributed by atoms with Crippen LogP contribution in [0.3, 0.4) is 0 Å². The van der Waals surface area contributed by atoms with Crippen LogP contribution < -0.4 is 5.32 Å². The summed E-state index contributed by atoms with van der Waals surface area (Å²) in [5, 5.41) is 3.40. The molecule has 0 aliphatic carbocycles. The number of amides is 1. The zero-order valence-corrected chi connectivity index (χ0v) is 11.8. The molecule has 2 atom stereocenters. The molecule has 2 heterocycles. The highest BCUT2D eigenvalue weighted by Crippen LogP contribution is 2.36. The quantitative estimate of drug-likeness (QED) is 0.832. The lowest BCUT2D eigenvalue weighted by atomic mass is 10.1. The van der Waals surface area contributed by atoms with Crippen LogP contribution in [-0.4, -0.2) is 56.0 Å². The minimum atomic E-state index is -0.744. The second kappa shape index (κ2) is 5.16. The van der Waals surface area contributed by atoms with E-state index in [0.29, 0.717) is 12.1 Å². The molecular formula is C15H20N2O3. The van der Waals surface area contributed by atoms with Crippen LogP contribution in [0.15, 0.2) is 30.3 Å². The summed E-state index contributed by atoms with van der Waals surface area (Å²) in [5.41, 5.74) is 0.709. The molecule has 1 N–H and O–H groups in total.